The van der Waals surface area contributed by atoms with Crippen molar-refractivity contribution in [1.82, 2.24) is 4.90 Å². The van der Waals surface area contributed by atoms with Crippen LogP contribution in [0.2, 0.25) is 0 Å². The van der Waals surface area contributed by atoms with Crippen LogP contribution in [0.5, 0.6) is 17.2 Å². The van der Waals surface area contributed by atoms with Gasteiger partial charge in [-0.05, 0) is 23.8 Å². The van der Waals surface area contributed by atoms with E-state index in [1.165, 1.54) is 31.2 Å². The Balaban J connectivity index is 1.65. The van der Waals surface area contributed by atoms with Gasteiger partial charge in [-0.15, -0.1) is 0 Å². The summed E-state index contributed by atoms with van der Waals surface area (Å²) in [5.74, 6) is -1.13. The van der Waals surface area contributed by atoms with Gasteiger partial charge in [0.1, 0.15) is 19.0 Å². The van der Waals surface area contributed by atoms with Crippen LogP contribution < -0.4 is 14.2 Å². The Morgan fingerprint density at radius 1 is 1.21 bits per heavy atom. The number of sulfone groups is 1. The molecule has 0 saturated heterocycles. The Kier molecular flexibility index (Phi) is 6.26. The van der Waals surface area contributed by atoms with Gasteiger partial charge in [-0.1, -0.05) is 18.2 Å². The van der Waals surface area contributed by atoms with Gasteiger partial charge in [-0.2, -0.15) is 0 Å². The Hall–Kier alpha value is -2.81. The first-order valence-electron chi connectivity index (χ1n) is 8.93. The average molecular weight is 423 g/mol. The fraction of sp³-hybridized carbons (Fsp3) is 0.350. The number of para-hydroxylation sites is 1. The molecule has 29 heavy (non-hydrogen) atoms. The highest BCUT2D eigenvalue weighted by molar-refractivity contribution is 7.91. The van der Waals surface area contributed by atoms with Gasteiger partial charge in [-0.3, -0.25) is 4.79 Å². The van der Waals surface area contributed by atoms with Crippen molar-refractivity contribution < 1.29 is 31.8 Å². The van der Waals surface area contributed by atoms with Gasteiger partial charge in [0.2, 0.25) is 5.91 Å². The quantitative estimate of drug-likeness (QED) is 0.679. The molecule has 3 rings (SSSR count). The molecule has 0 atom stereocenters. The molecule has 7 nitrogen and oxygen atoms in total. The number of ether oxygens (including phenoxy) is 3. The first-order chi connectivity index (χ1) is 13.8. The predicted octanol–water partition coefficient (Wildman–Crippen LogP) is 2.18. The van der Waals surface area contributed by atoms with E-state index in [1.807, 2.05) is 0 Å². The fourth-order valence-electron chi connectivity index (χ4n) is 3.00. The van der Waals surface area contributed by atoms with Crippen LogP contribution in [0.25, 0.3) is 0 Å². The molecule has 0 N–H and O–H groups in total. The molecule has 0 aliphatic carbocycles. The van der Waals surface area contributed by atoms with E-state index in [4.69, 9.17) is 14.2 Å². The highest BCUT2D eigenvalue weighted by atomic mass is 32.2. The van der Waals surface area contributed by atoms with E-state index in [0.717, 1.165) is 0 Å². The smallest absolute Gasteiger partial charge is 0.237 e. The zero-order chi connectivity index (χ0) is 21.0. The van der Waals surface area contributed by atoms with Crippen molar-refractivity contribution in [2.75, 3.05) is 33.1 Å². The Labute approximate surface area is 168 Å². The van der Waals surface area contributed by atoms with Crippen LogP contribution in [0.15, 0.2) is 36.4 Å². The summed E-state index contributed by atoms with van der Waals surface area (Å²) >= 11 is 0. The standard InChI is InChI=1S/C20H22FNO6S/c1-22(11-14-6-7-17(26-2)16(21)10-14)19(23)13-29(24,25)12-15-4-3-5-18-20(15)28-9-8-27-18/h3-7,10H,8-9,11-13H2,1-2H3. The van der Waals surface area contributed by atoms with Crippen molar-refractivity contribution >= 4 is 15.7 Å². The van der Waals surface area contributed by atoms with Crippen molar-refractivity contribution in [2.24, 2.45) is 0 Å². The Morgan fingerprint density at radius 2 is 1.97 bits per heavy atom. The molecule has 0 aromatic heterocycles. The number of carbonyl (C=O) groups is 1. The molecule has 0 spiro atoms. The van der Waals surface area contributed by atoms with E-state index in [-0.39, 0.29) is 18.0 Å². The second-order valence-electron chi connectivity index (χ2n) is 6.69. The maximum absolute atomic E-state index is 13.8. The number of nitrogens with zero attached hydrogens (tertiary/aromatic N) is 1. The zero-order valence-electron chi connectivity index (χ0n) is 16.2. The summed E-state index contributed by atoms with van der Waals surface area (Å²) in [5, 5.41) is 0. The normalized spacial score (nSPS) is 13.1. The third-order valence-electron chi connectivity index (χ3n) is 4.43. The van der Waals surface area contributed by atoms with Crippen LogP contribution in [0.1, 0.15) is 11.1 Å². The third-order valence-corrected chi connectivity index (χ3v) is 5.87. The van der Waals surface area contributed by atoms with Crippen LogP contribution >= 0.6 is 0 Å². The highest BCUT2D eigenvalue weighted by Gasteiger charge is 2.24. The molecule has 0 saturated carbocycles. The number of benzene rings is 2. The third kappa shape index (κ3) is 5.17. The van der Waals surface area contributed by atoms with Crippen molar-refractivity contribution in [1.29, 1.82) is 0 Å². The maximum atomic E-state index is 13.8. The molecule has 9 heteroatoms. The number of rotatable bonds is 7. The Bertz CT molecular complexity index is 1010. The lowest BCUT2D eigenvalue weighted by molar-refractivity contribution is -0.127. The monoisotopic (exact) mass is 423 g/mol. The van der Waals surface area contributed by atoms with Crippen LogP contribution in [-0.2, 0) is 26.9 Å². The number of fused-ring (bicyclic) bond motifs is 1. The van der Waals surface area contributed by atoms with Gasteiger partial charge in [0.05, 0.1) is 12.9 Å². The minimum absolute atomic E-state index is 0.0763. The van der Waals surface area contributed by atoms with Gasteiger partial charge in [-0.25, -0.2) is 12.8 Å². The summed E-state index contributed by atoms with van der Waals surface area (Å²) in [6, 6.07) is 9.36. The molecular formula is C20H22FNO6S. The zero-order valence-corrected chi connectivity index (χ0v) is 17.0. The lowest BCUT2D eigenvalue weighted by Crippen LogP contribution is -2.32. The van der Waals surface area contributed by atoms with Gasteiger partial charge in [0.15, 0.2) is 32.9 Å². The topological polar surface area (TPSA) is 82.1 Å². The van der Waals surface area contributed by atoms with Crippen LogP contribution in [0, 0.1) is 5.82 Å². The summed E-state index contributed by atoms with van der Waals surface area (Å²) in [6.07, 6.45) is 0. The van der Waals surface area contributed by atoms with E-state index in [9.17, 15) is 17.6 Å². The van der Waals surface area contributed by atoms with E-state index < -0.39 is 27.3 Å². The SMILES string of the molecule is COc1ccc(CN(C)C(=O)CS(=O)(=O)Cc2cccc3c2OCCO3)cc1F. The van der Waals surface area contributed by atoms with E-state index in [1.54, 1.807) is 24.3 Å². The van der Waals surface area contributed by atoms with E-state index >= 15 is 0 Å². The summed E-state index contributed by atoms with van der Waals surface area (Å²) in [7, 11) is -0.910. The van der Waals surface area contributed by atoms with Crippen molar-refractivity contribution in [3.05, 3.63) is 53.3 Å². The molecule has 0 unspecified atom stereocenters. The number of hydrogen-bond acceptors (Lipinski definition) is 6. The van der Waals surface area contributed by atoms with Gasteiger partial charge in [0.25, 0.3) is 0 Å². The van der Waals surface area contributed by atoms with Crippen molar-refractivity contribution in [3.63, 3.8) is 0 Å². The molecule has 1 heterocycles. The molecule has 1 aliphatic rings. The Morgan fingerprint density at radius 3 is 2.69 bits per heavy atom. The first kappa shape index (κ1) is 20.9. The molecule has 2 aromatic carbocycles. The maximum Gasteiger partial charge on any atom is 0.237 e. The average Bonchev–Trinajstić information content (AvgIpc) is 2.68. The van der Waals surface area contributed by atoms with E-state index in [0.29, 0.717) is 35.8 Å². The number of halogens is 1. The molecule has 2 aromatic rings. The number of hydrogen-bond donors (Lipinski definition) is 0. The number of amides is 1. The fourth-order valence-corrected chi connectivity index (χ4v) is 4.40. The molecule has 0 radical (unpaired) electrons. The van der Waals surface area contributed by atoms with Crippen LogP contribution in [0.3, 0.4) is 0 Å². The lowest BCUT2D eigenvalue weighted by atomic mass is 10.2. The van der Waals surface area contributed by atoms with E-state index in [2.05, 4.69) is 0 Å². The van der Waals surface area contributed by atoms with Crippen LogP contribution in [0.4, 0.5) is 4.39 Å². The molecular weight excluding hydrogens is 401 g/mol. The van der Waals surface area contributed by atoms with Gasteiger partial charge < -0.3 is 19.1 Å². The minimum Gasteiger partial charge on any atom is -0.494 e. The van der Waals surface area contributed by atoms with Crippen LogP contribution in [-0.4, -0.2) is 52.3 Å². The summed E-state index contributed by atoms with van der Waals surface area (Å²) in [6.45, 7) is 0.815. The largest absolute Gasteiger partial charge is 0.494 e. The summed E-state index contributed by atoms with van der Waals surface area (Å²) in [4.78, 5) is 13.7. The lowest BCUT2D eigenvalue weighted by Gasteiger charge is -2.21. The predicted molar refractivity (Wildman–Crippen MR) is 104 cm³/mol. The minimum atomic E-state index is -3.74. The van der Waals surface area contributed by atoms with Gasteiger partial charge >= 0.3 is 0 Å². The first-order valence-corrected chi connectivity index (χ1v) is 10.8. The second kappa shape index (κ2) is 8.69. The highest BCUT2D eigenvalue weighted by Crippen LogP contribution is 2.34. The van der Waals surface area contributed by atoms with Crippen molar-refractivity contribution in [3.8, 4) is 17.2 Å². The van der Waals surface area contributed by atoms with Gasteiger partial charge in [0, 0.05) is 19.2 Å². The number of carbonyl (C=O) groups excluding carboxylic acids is 1. The summed E-state index contributed by atoms with van der Waals surface area (Å²) < 4.78 is 54.8. The van der Waals surface area contributed by atoms with Crippen molar-refractivity contribution in [2.45, 2.75) is 12.3 Å². The molecule has 156 valence electrons. The molecule has 1 amide bonds. The molecule has 1 aliphatic heterocycles. The molecule has 0 fully saturated rings. The summed E-state index contributed by atoms with van der Waals surface area (Å²) in [5.41, 5.74) is 0.981. The number of methoxy groups -OCH3 is 1. The second-order valence-corrected chi connectivity index (χ2v) is 8.76. The molecule has 0 bridgehead atoms.